The fraction of sp³-hybridized carbons (Fsp3) is 0.389. The van der Waals surface area contributed by atoms with E-state index in [0.29, 0.717) is 31.2 Å². The summed E-state index contributed by atoms with van der Waals surface area (Å²) in [5, 5.41) is 2.96. The van der Waals surface area contributed by atoms with Crippen molar-refractivity contribution in [2.24, 2.45) is 0 Å². The van der Waals surface area contributed by atoms with Crippen LogP contribution >= 0.6 is 0 Å². The summed E-state index contributed by atoms with van der Waals surface area (Å²) >= 11 is 0. The molecule has 130 valence electrons. The van der Waals surface area contributed by atoms with Crippen molar-refractivity contribution in [2.75, 3.05) is 29.9 Å². The molecule has 3 heterocycles. The van der Waals surface area contributed by atoms with Gasteiger partial charge in [0.15, 0.2) is 0 Å². The summed E-state index contributed by atoms with van der Waals surface area (Å²) in [4.78, 5) is 30.8. The number of esters is 1. The van der Waals surface area contributed by atoms with E-state index in [-0.39, 0.29) is 18.3 Å². The van der Waals surface area contributed by atoms with Crippen molar-refractivity contribution in [1.82, 2.24) is 4.98 Å². The second-order valence-electron chi connectivity index (χ2n) is 6.38. The van der Waals surface area contributed by atoms with E-state index in [0.717, 1.165) is 11.3 Å². The van der Waals surface area contributed by atoms with Crippen LogP contribution in [0.2, 0.25) is 0 Å². The minimum atomic E-state index is -0.594. The fourth-order valence-electron chi connectivity index (χ4n) is 3.66. The van der Waals surface area contributed by atoms with E-state index >= 15 is 0 Å². The number of amides is 1. The average molecular weight is 341 g/mol. The Balaban J connectivity index is 1.63. The molecule has 25 heavy (non-hydrogen) atoms. The molecule has 1 N–H and O–H groups in total. The maximum atomic E-state index is 12.6. The number of hydrogen-bond acceptors (Lipinski definition) is 6. The van der Waals surface area contributed by atoms with Crippen molar-refractivity contribution in [3.05, 3.63) is 41.3 Å². The Kier molecular flexibility index (Phi) is 3.52. The number of ether oxygens (including phenoxy) is 1. The number of rotatable bonds is 3. The number of hydrogen-bond donors (Lipinski definition) is 1. The van der Waals surface area contributed by atoms with Crippen LogP contribution < -0.4 is 10.2 Å². The highest BCUT2D eigenvalue weighted by molar-refractivity contribution is 6.07. The minimum absolute atomic E-state index is 0.00472. The van der Waals surface area contributed by atoms with Crippen LogP contribution in [0.5, 0.6) is 0 Å². The summed E-state index contributed by atoms with van der Waals surface area (Å²) < 4.78 is 10.6. The number of carbonyl (C=O) groups is 2. The highest BCUT2D eigenvalue weighted by Gasteiger charge is 2.51. The third-order valence-corrected chi connectivity index (χ3v) is 4.91. The van der Waals surface area contributed by atoms with Crippen molar-refractivity contribution in [2.45, 2.75) is 25.7 Å². The zero-order valence-corrected chi connectivity index (χ0v) is 14.2. The molecule has 1 amide bonds. The molecule has 7 heteroatoms. The average Bonchev–Trinajstić information content (AvgIpc) is 3.26. The molecule has 0 radical (unpaired) electrons. The number of aromatic nitrogens is 1. The van der Waals surface area contributed by atoms with Gasteiger partial charge in [-0.25, -0.2) is 4.79 Å². The van der Waals surface area contributed by atoms with Gasteiger partial charge in [0.2, 0.25) is 11.7 Å². The van der Waals surface area contributed by atoms with E-state index in [1.807, 2.05) is 29.2 Å². The third-order valence-electron chi connectivity index (χ3n) is 4.91. The second kappa shape index (κ2) is 5.61. The molecule has 2 aliphatic heterocycles. The number of para-hydroxylation sites is 1. The molecule has 1 atom stereocenters. The Morgan fingerprint density at radius 2 is 2.24 bits per heavy atom. The third kappa shape index (κ3) is 2.30. The summed E-state index contributed by atoms with van der Waals surface area (Å²) in [6, 6.07) is 8.11. The summed E-state index contributed by atoms with van der Waals surface area (Å²) in [5.41, 5.74) is 1.77. The highest BCUT2D eigenvalue weighted by atomic mass is 16.5. The number of carbonyl (C=O) groups excluding carboxylic acids is 2. The normalized spacial score (nSPS) is 21.5. The van der Waals surface area contributed by atoms with Crippen LogP contribution in [0, 0.1) is 6.92 Å². The molecule has 7 nitrogen and oxygen atoms in total. The smallest absolute Gasteiger partial charge is 0.376 e. The lowest BCUT2D eigenvalue weighted by Crippen LogP contribution is -2.37. The van der Waals surface area contributed by atoms with Crippen LogP contribution in [0.4, 0.5) is 11.7 Å². The Bertz CT molecular complexity index is 860. The van der Waals surface area contributed by atoms with Crippen molar-refractivity contribution < 1.29 is 18.7 Å². The topological polar surface area (TPSA) is 84.7 Å². The zero-order chi connectivity index (χ0) is 17.6. The first-order valence-electron chi connectivity index (χ1n) is 8.35. The summed E-state index contributed by atoms with van der Waals surface area (Å²) in [7, 11) is 0. The first-order chi connectivity index (χ1) is 12.0. The largest absolute Gasteiger partial charge is 0.460 e. The van der Waals surface area contributed by atoms with E-state index in [1.165, 1.54) is 0 Å². The molecule has 1 aromatic carbocycles. The van der Waals surface area contributed by atoms with Crippen LogP contribution in [-0.4, -0.2) is 36.6 Å². The van der Waals surface area contributed by atoms with E-state index in [9.17, 15) is 9.59 Å². The zero-order valence-electron chi connectivity index (χ0n) is 14.2. The molecule has 1 aromatic heterocycles. The van der Waals surface area contributed by atoms with Gasteiger partial charge in [-0.3, -0.25) is 4.79 Å². The number of nitrogens with one attached hydrogen (secondary N) is 1. The molecule has 1 saturated heterocycles. The van der Waals surface area contributed by atoms with Gasteiger partial charge in [0.05, 0.1) is 17.7 Å². The molecular formula is C18H19N3O4. The van der Waals surface area contributed by atoms with Crippen LogP contribution in [0.1, 0.15) is 35.2 Å². The predicted octanol–water partition coefficient (Wildman–Crippen LogP) is 2.26. The number of anilines is 2. The van der Waals surface area contributed by atoms with E-state index in [2.05, 4.69) is 10.3 Å². The molecule has 4 rings (SSSR count). The Morgan fingerprint density at radius 1 is 1.44 bits per heavy atom. The minimum Gasteiger partial charge on any atom is -0.460 e. The van der Waals surface area contributed by atoms with Crippen LogP contribution in [-0.2, 0) is 14.9 Å². The summed E-state index contributed by atoms with van der Waals surface area (Å²) in [5.74, 6) is -0.393. The molecule has 1 spiro atoms. The molecule has 2 aliphatic rings. The maximum Gasteiger partial charge on any atom is 0.376 e. The number of nitrogens with zero attached hydrogens (tertiary/aromatic N) is 2. The Labute approximate surface area is 145 Å². The monoisotopic (exact) mass is 341 g/mol. The van der Waals surface area contributed by atoms with Gasteiger partial charge in [-0.1, -0.05) is 18.2 Å². The van der Waals surface area contributed by atoms with Gasteiger partial charge in [0.1, 0.15) is 0 Å². The standard InChI is InChI=1S/C18H19N3O4/c1-3-24-15(22)14-11(2)19-17(25-14)21-9-8-18(10-21)12-6-4-5-7-13(12)20-16(18)23/h4-7H,3,8-10H2,1-2H3,(H,20,23). The summed E-state index contributed by atoms with van der Waals surface area (Å²) in [6.45, 7) is 4.83. The first kappa shape index (κ1) is 15.7. The molecule has 2 aromatic rings. The van der Waals surface area contributed by atoms with Crippen LogP contribution in [0.25, 0.3) is 0 Å². The lowest BCUT2D eigenvalue weighted by Gasteiger charge is -2.21. The number of oxazole rings is 1. The first-order valence-corrected chi connectivity index (χ1v) is 8.35. The van der Waals surface area contributed by atoms with Crippen LogP contribution in [0.3, 0.4) is 0 Å². The van der Waals surface area contributed by atoms with Crippen molar-refractivity contribution in [3.63, 3.8) is 0 Å². The second-order valence-corrected chi connectivity index (χ2v) is 6.38. The SMILES string of the molecule is CCOC(=O)c1oc(N2CCC3(C2)C(=O)Nc2ccccc23)nc1C. The van der Waals surface area contributed by atoms with Gasteiger partial charge >= 0.3 is 5.97 Å². The van der Waals surface area contributed by atoms with Gasteiger partial charge in [0, 0.05) is 18.8 Å². The molecular weight excluding hydrogens is 322 g/mol. The maximum absolute atomic E-state index is 12.6. The highest BCUT2D eigenvalue weighted by Crippen LogP contribution is 2.45. The van der Waals surface area contributed by atoms with Gasteiger partial charge in [0.25, 0.3) is 6.01 Å². The predicted molar refractivity (Wildman–Crippen MR) is 90.8 cm³/mol. The van der Waals surface area contributed by atoms with Crippen molar-refractivity contribution in [3.8, 4) is 0 Å². The number of benzene rings is 1. The molecule has 0 saturated carbocycles. The van der Waals surface area contributed by atoms with Crippen molar-refractivity contribution >= 4 is 23.6 Å². The van der Waals surface area contributed by atoms with Gasteiger partial charge in [-0.05, 0) is 31.9 Å². The fourth-order valence-corrected chi connectivity index (χ4v) is 3.66. The van der Waals surface area contributed by atoms with Gasteiger partial charge in [-0.2, -0.15) is 4.98 Å². The van der Waals surface area contributed by atoms with Gasteiger partial charge in [-0.15, -0.1) is 0 Å². The van der Waals surface area contributed by atoms with E-state index in [4.69, 9.17) is 9.15 Å². The van der Waals surface area contributed by atoms with E-state index in [1.54, 1.807) is 13.8 Å². The lowest BCUT2D eigenvalue weighted by atomic mass is 9.81. The molecule has 0 aliphatic carbocycles. The molecule has 1 unspecified atom stereocenters. The quantitative estimate of drug-likeness (QED) is 0.862. The molecule has 1 fully saturated rings. The summed E-state index contributed by atoms with van der Waals surface area (Å²) in [6.07, 6.45) is 0.673. The lowest BCUT2D eigenvalue weighted by molar-refractivity contribution is -0.120. The van der Waals surface area contributed by atoms with E-state index < -0.39 is 11.4 Å². The van der Waals surface area contributed by atoms with Crippen LogP contribution in [0.15, 0.2) is 28.7 Å². The number of fused-ring (bicyclic) bond motifs is 2. The molecule has 0 bridgehead atoms. The Hall–Kier alpha value is -2.83. The Morgan fingerprint density at radius 3 is 3.04 bits per heavy atom. The van der Waals surface area contributed by atoms with Gasteiger partial charge < -0.3 is 19.4 Å². The van der Waals surface area contributed by atoms with Crippen molar-refractivity contribution in [1.29, 1.82) is 0 Å². The number of aryl methyl sites for hydroxylation is 1.